The number of anilines is 1. The van der Waals surface area contributed by atoms with Gasteiger partial charge in [-0.3, -0.25) is 4.68 Å². The second kappa shape index (κ2) is 6.68. The van der Waals surface area contributed by atoms with Crippen LogP contribution in [0.3, 0.4) is 0 Å². The number of pyridine rings is 1. The number of ether oxygens (including phenoxy) is 1. The Labute approximate surface area is 152 Å². The van der Waals surface area contributed by atoms with E-state index in [4.69, 9.17) is 4.74 Å². The van der Waals surface area contributed by atoms with Crippen molar-refractivity contribution in [2.75, 3.05) is 24.6 Å². The maximum Gasteiger partial charge on any atom is 0.149 e. The molecular formula is C20H23FN4O. The van der Waals surface area contributed by atoms with Crippen molar-refractivity contribution in [1.29, 1.82) is 0 Å². The van der Waals surface area contributed by atoms with E-state index in [1.54, 1.807) is 6.07 Å². The first-order valence-corrected chi connectivity index (χ1v) is 8.95. The quantitative estimate of drug-likeness (QED) is 0.723. The average Bonchev–Trinajstić information content (AvgIpc) is 2.92. The van der Waals surface area contributed by atoms with Gasteiger partial charge >= 0.3 is 0 Å². The Balaban J connectivity index is 1.63. The van der Waals surface area contributed by atoms with Gasteiger partial charge in [0, 0.05) is 35.6 Å². The van der Waals surface area contributed by atoms with Gasteiger partial charge in [0.15, 0.2) is 0 Å². The third-order valence-corrected chi connectivity index (χ3v) is 4.86. The summed E-state index contributed by atoms with van der Waals surface area (Å²) in [5, 5.41) is 5.39. The first kappa shape index (κ1) is 17.0. The van der Waals surface area contributed by atoms with Crippen LogP contribution in [-0.2, 0) is 11.3 Å². The standard InChI is InChI=1S/C20H23FN4O/c1-13-10-19(17-5-4-6-18(21)20(17)22-13)24-7-8-26-16(11-24)12-25-15(3)9-14(2)23-25/h4-6,9-10,16H,7-8,11-12H2,1-3H3. The van der Waals surface area contributed by atoms with Gasteiger partial charge in [-0.05, 0) is 39.0 Å². The number of fused-ring (bicyclic) bond motifs is 1. The summed E-state index contributed by atoms with van der Waals surface area (Å²) in [7, 11) is 0. The number of hydrogen-bond donors (Lipinski definition) is 0. The first-order valence-electron chi connectivity index (χ1n) is 8.95. The molecule has 0 amide bonds. The molecule has 1 aliphatic rings. The molecular weight excluding hydrogens is 331 g/mol. The number of morpholine rings is 1. The molecule has 5 nitrogen and oxygen atoms in total. The van der Waals surface area contributed by atoms with E-state index in [2.05, 4.69) is 28.0 Å². The Bertz CT molecular complexity index is 952. The van der Waals surface area contributed by atoms with Crippen LogP contribution in [0, 0.1) is 26.6 Å². The van der Waals surface area contributed by atoms with Gasteiger partial charge in [0.1, 0.15) is 11.3 Å². The Morgan fingerprint density at radius 3 is 2.81 bits per heavy atom. The maximum absolute atomic E-state index is 14.2. The van der Waals surface area contributed by atoms with Crippen molar-refractivity contribution in [2.24, 2.45) is 0 Å². The molecule has 1 atom stereocenters. The molecule has 0 aliphatic carbocycles. The summed E-state index contributed by atoms with van der Waals surface area (Å²) in [6.07, 6.45) is 0.0406. The summed E-state index contributed by atoms with van der Waals surface area (Å²) < 4.78 is 22.2. The highest BCUT2D eigenvalue weighted by Gasteiger charge is 2.24. The van der Waals surface area contributed by atoms with Crippen LogP contribution in [0.2, 0.25) is 0 Å². The number of aromatic nitrogens is 3. The molecule has 0 spiro atoms. The molecule has 4 rings (SSSR count). The molecule has 0 saturated carbocycles. The lowest BCUT2D eigenvalue weighted by Gasteiger charge is -2.35. The van der Waals surface area contributed by atoms with Crippen molar-refractivity contribution >= 4 is 16.6 Å². The lowest BCUT2D eigenvalue weighted by molar-refractivity contribution is 0.0271. The van der Waals surface area contributed by atoms with E-state index >= 15 is 0 Å². The average molecular weight is 354 g/mol. The number of rotatable bonds is 3. The van der Waals surface area contributed by atoms with Crippen LogP contribution in [0.4, 0.5) is 10.1 Å². The predicted molar refractivity (Wildman–Crippen MR) is 100 cm³/mol. The Morgan fingerprint density at radius 2 is 2.04 bits per heavy atom. The van der Waals surface area contributed by atoms with Gasteiger partial charge in [0.2, 0.25) is 0 Å². The number of hydrogen-bond acceptors (Lipinski definition) is 4. The van der Waals surface area contributed by atoms with Gasteiger partial charge in [0.05, 0.1) is 24.9 Å². The molecule has 1 aliphatic heterocycles. The van der Waals surface area contributed by atoms with E-state index in [0.29, 0.717) is 18.7 Å². The second-order valence-corrected chi connectivity index (χ2v) is 6.97. The van der Waals surface area contributed by atoms with Crippen LogP contribution < -0.4 is 4.90 Å². The SMILES string of the molecule is Cc1cc(N2CCOC(Cn3nc(C)cc3C)C2)c2cccc(F)c2n1. The fraction of sp³-hybridized carbons (Fsp3) is 0.400. The van der Waals surface area contributed by atoms with Crippen molar-refractivity contribution in [1.82, 2.24) is 14.8 Å². The third kappa shape index (κ3) is 3.17. The fourth-order valence-electron chi connectivity index (χ4n) is 3.68. The highest BCUT2D eigenvalue weighted by Crippen LogP contribution is 2.29. The largest absolute Gasteiger partial charge is 0.373 e. The van der Waals surface area contributed by atoms with Crippen LogP contribution in [0.1, 0.15) is 17.1 Å². The van der Waals surface area contributed by atoms with Crippen molar-refractivity contribution in [3.8, 4) is 0 Å². The normalized spacial score (nSPS) is 17.8. The van der Waals surface area contributed by atoms with E-state index in [-0.39, 0.29) is 11.9 Å². The zero-order valence-corrected chi connectivity index (χ0v) is 15.4. The van der Waals surface area contributed by atoms with Gasteiger partial charge < -0.3 is 9.64 Å². The molecule has 1 aromatic carbocycles. The van der Waals surface area contributed by atoms with Crippen molar-refractivity contribution in [2.45, 2.75) is 33.4 Å². The molecule has 26 heavy (non-hydrogen) atoms. The molecule has 0 bridgehead atoms. The number of para-hydroxylation sites is 1. The molecule has 6 heteroatoms. The number of benzene rings is 1. The highest BCUT2D eigenvalue weighted by molar-refractivity contribution is 5.92. The van der Waals surface area contributed by atoms with E-state index < -0.39 is 0 Å². The first-order chi connectivity index (χ1) is 12.5. The summed E-state index contributed by atoms with van der Waals surface area (Å²) in [5.74, 6) is -0.278. The van der Waals surface area contributed by atoms with Gasteiger partial charge in [-0.15, -0.1) is 0 Å². The van der Waals surface area contributed by atoms with Crippen LogP contribution in [0.5, 0.6) is 0 Å². The number of nitrogens with zero attached hydrogens (tertiary/aromatic N) is 4. The zero-order chi connectivity index (χ0) is 18.3. The lowest BCUT2D eigenvalue weighted by atomic mass is 10.1. The lowest BCUT2D eigenvalue weighted by Crippen LogP contribution is -2.44. The second-order valence-electron chi connectivity index (χ2n) is 6.97. The highest BCUT2D eigenvalue weighted by atomic mass is 19.1. The summed E-state index contributed by atoms with van der Waals surface area (Å²) >= 11 is 0. The van der Waals surface area contributed by atoms with Gasteiger partial charge in [-0.1, -0.05) is 12.1 Å². The monoisotopic (exact) mass is 354 g/mol. The van der Waals surface area contributed by atoms with Crippen LogP contribution in [0.25, 0.3) is 10.9 Å². The van der Waals surface area contributed by atoms with E-state index in [1.807, 2.05) is 30.7 Å². The van der Waals surface area contributed by atoms with E-state index in [9.17, 15) is 4.39 Å². The minimum absolute atomic E-state index is 0.0406. The van der Waals surface area contributed by atoms with Crippen molar-refractivity contribution in [3.05, 3.63) is 53.2 Å². The smallest absolute Gasteiger partial charge is 0.149 e. The Kier molecular flexibility index (Phi) is 4.36. The van der Waals surface area contributed by atoms with Crippen molar-refractivity contribution < 1.29 is 9.13 Å². The van der Waals surface area contributed by atoms with Crippen molar-refractivity contribution in [3.63, 3.8) is 0 Å². The molecule has 136 valence electrons. The number of halogens is 1. The predicted octanol–water partition coefficient (Wildman–Crippen LogP) is 3.40. The minimum Gasteiger partial charge on any atom is -0.373 e. The topological polar surface area (TPSA) is 43.2 Å². The fourth-order valence-corrected chi connectivity index (χ4v) is 3.68. The zero-order valence-electron chi connectivity index (χ0n) is 15.4. The molecule has 3 aromatic rings. The summed E-state index contributed by atoms with van der Waals surface area (Å²) in [4.78, 5) is 6.66. The molecule has 0 radical (unpaired) electrons. The van der Waals surface area contributed by atoms with Crippen LogP contribution >= 0.6 is 0 Å². The van der Waals surface area contributed by atoms with Gasteiger partial charge in [-0.25, -0.2) is 9.37 Å². The van der Waals surface area contributed by atoms with E-state index in [0.717, 1.165) is 41.2 Å². The third-order valence-electron chi connectivity index (χ3n) is 4.86. The molecule has 0 N–H and O–H groups in total. The molecule has 2 aromatic heterocycles. The summed E-state index contributed by atoms with van der Waals surface area (Å²) in [6.45, 7) is 8.84. The molecule has 3 heterocycles. The van der Waals surface area contributed by atoms with Gasteiger partial charge in [-0.2, -0.15) is 5.10 Å². The van der Waals surface area contributed by atoms with E-state index in [1.165, 1.54) is 6.07 Å². The minimum atomic E-state index is -0.278. The van der Waals surface area contributed by atoms with Crippen LogP contribution in [0.15, 0.2) is 30.3 Å². The Morgan fingerprint density at radius 1 is 1.19 bits per heavy atom. The Hall–Kier alpha value is -2.47. The maximum atomic E-state index is 14.2. The number of aryl methyl sites for hydroxylation is 3. The molecule has 1 fully saturated rings. The molecule has 1 unspecified atom stereocenters. The van der Waals surface area contributed by atoms with Gasteiger partial charge in [0.25, 0.3) is 0 Å². The summed E-state index contributed by atoms with van der Waals surface area (Å²) in [6, 6.07) is 9.25. The van der Waals surface area contributed by atoms with Crippen LogP contribution in [-0.4, -0.2) is 40.6 Å². The molecule has 1 saturated heterocycles. The summed E-state index contributed by atoms with van der Waals surface area (Å²) in [5.41, 5.74) is 4.42.